The molecule has 0 heterocycles. The van der Waals surface area contributed by atoms with Gasteiger partial charge < -0.3 is 15.3 Å². The Morgan fingerprint density at radius 1 is 1.29 bits per heavy atom. The molecule has 1 rings (SSSR count). The van der Waals surface area contributed by atoms with E-state index in [0.717, 1.165) is 0 Å². The lowest BCUT2D eigenvalue weighted by Crippen LogP contribution is -1.97. The maximum atomic E-state index is 9.68. The highest BCUT2D eigenvalue weighted by Crippen LogP contribution is 2.27. The number of benzene rings is 1. The minimum absolute atomic E-state index is 0.0871. The summed E-state index contributed by atoms with van der Waals surface area (Å²) in [6.07, 6.45) is -0.898. The second-order valence-corrected chi connectivity index (χ2v) is 3.05. The molecule has 0 spiro atoms. The zero-order chi connectivity index (χ0) is 10.7. The Morgan fingerprint density at radius 3 is 2.21 bits per heavy atom. The van der Waals surface area contributed by atoms with Crippen LogP contribution in [0.4, 0.5) is 0 Å². The number of hydrogen-bond donors (Lipinski definition) is 3. The third-order valence-electron chi connectivity index (χ3n) is 1.93. The fourth-order valence-electron chi connectivity index (χ4n) is 1.12. The summed E-state index contributed by atoms with van der Waals surface area (Å²) in [6, 6.07) is 3.96. The lowest BCUT2D eigenvalue weighted by Gasteiger charge is -2.10. The van der Waals surface area contributed by atoms with Crippen molar-refractivity contribution in [2.45, 2.75) is 13.0 Å². The maximum absolute atomic E-state index is 9.68. The Morgan fingerprint density at radius 2 is 1.79 bits per heavy atom. The standard InChI is InChI=1S/C11H12O3/c1-3-7(2)11(14)8-4-9(12)6-10(13)5-8/h4-6,11-14H,1H2,2H3. The van der Waals surface area contributed by atoms with Crippen molar-refractivity contribution in [2.24, 2.45) is 0 Å². The zero-order valence-corrected chi connectivity index (χ0v) is 7.86. The quantitative estimate of drug-likeness (QED) is 0.627. The Balaban J connectivity index is 3.13. The average Bonchev–Trinajstić information content (AvgIpc) is 2.14. The van der Waals surface area contributed by atoms with E-state index < -0.39 is 6.10 Å². The van der Waals surface area contributed by atoms with Crippen LogP contribution in [0.2, 0.25) is 0 Å². The van der Waals surface area contributed by atoms with Crippen LogP contribution in [0.5, 0.6) is 11.5 Å². The van der Waals surface area contributed by atoms with E-state index in [1.54, 1.807) is 6.92 Å². The first-order valence-electron chi connectivity index (χ1n) is 4.12. The Hall–Kier alpha value is -1.70. The van der Waals surface area contributed by atoms with Gasteiger partial charge in [-0.05, 0) is 24.6 Å². The normalized spacial score (nSPS) is 11.9. The molecule has 0 radical (unpaired) electrons. The van der Waals surface area contributed by atoms with Crippen LogP contribution in [-0.2, 0) is 0 Å². The topological polar surface area (TPSA) is 60.7 Å². The van der Waals surface area contributed by atoms with Crippen LogP contribution in [0, 0.1) is 0 Å². The van der Waals surface area contributed by atoms with E-state index in [9.17, 15) is 15.3 Å². The number of hydrogen-bond acceptors (Lipinski definition) is 3. The first kappa shape index (κ1) is 10.4. The molecule has 0 aliphatic rings. The van der Waals surface area contributed by atoms with E-state index in [1.165, 1.54) is 18.2 Å². The summed E-state index contributed by atoms with van der Waals surface area (Å²) in [6.45, 7) is 5.07. The monoisotopic (exact) mass is 192 g/mol. The molecule has 0 aromatic heterocycles. The van der Waals surface area contributed by atoms with Gasteiger partial charge in [0.05, 0.1) is 0 Å². The molecule has 1 aromatic carbocycles. The van der Waals surface area contributed by atoms with Gasteiger partial charge in [-0.1, -0.05) is 6.58 Å². The number of aliphatic hydroxyl groups is 1. The molecule has 1 aromatic rings. The molecule has 14 heavy (non-hydrogen) atoms. The van der Waals surface area contributed by atoms with Crippen molar-refractivity contribution in [2.75, 3.05) is 0 Å². The average molecular weight is 192 g/mol. The highest BCUT2D eigenvalue weighted by molar-refractivity contribution is 5.39. The minimum atomic E-state index is -0.898. The summed E-state index contributed by atoms with van der Waals surface area (Å²) in [5.41, 5.74) is 3.51. The van der Waals surface area contributed by atoms with Crippen molar-refractivity contribution in [3.05, 3.63) is 41.6 Å². The summed E-state index contributed by atoms with van der Waals surface area (Å²) < 4.78 is 0. The summed E-state index contributed by atoms with van der Waals surface area (Å²) in [5.74, 6) is -0.174. The third-order valence-corrected chi connectivity index (χ3v) is 1.93. The van der Waals surface area contributed by atoms with Crippen molar-refractivity contribution in [3.63, 3.8) is 0 Å². The number of aliphatic hydroxyl groups excluding tert-OH is 1. The van der Waals surface area contributed by atoms with E-state index in [1.807, 2.05) is 0 Å². The number of phenolic OH excluding ortho intramolecular Hbond substituents is 2. The fraction of sp³-hybridized carbons (Fsp3) is 0.182. The summed E-state index contributed by atoms with van der Waals surface area (Å²) in [4.78, 5) is 0. The minimum Gasteiger partial charge on any atom is -0.508 e. The molecule has 0 amide bonds. The Bertz CT molecular complexity index is 369. The predicted octanol–water partition coefficient (Wildman–Crippen LogP) is 1.86. The predicted molar refractivity (Wildman–Crippen MR) is 53.1 cm³/mol. The van der Waals surface area contributed by atoms with Crippen LogP contribution in [-0.4, -0.2) is 15.3 Å². The fourth-order valence-corrected chi connectivity index (χ4v) is 1.12. The van der Waals surface area contributed by atoms with Gasteiger partial charge >= 0.3 is 0 Å². The van der Waals surface area contributed by atoms with Gasteiger partial charge in [0.2, 0.25) is 0 Å². The molecule has 1 unspecified atom stereocenters. The molecule has 0 bridgehead atoms. The van der Waals surface area contributed by atoms with E-state index >= 15 is 0 Å². The Labute approximate surface area is 82.3 Å². The summed E-state index contributed by atoms with van der Waals surface area (Å²) in [7, 11) is 0. The van der Waals surface area contributed by atoms with Gasteiger partial charge in [0.1, 0.15) is 17.6 Å². The first-order valence-corrected chi connectivity index (χ1v) is 4.12. The van der Waals surface area contributed by atoms with E-state index in [4.69, 9.17) is 0 Å². The van der Waals surface area contributed by atoms with Crippen molar-refractivity contribution in [1.29, 1.82) is 0 Å². The van der Waals surface area contributed by atoms with Gasteiger partial charge in [-0.2, -0.15) is 0 Å². The molecule has 3 nitrogen and oxygen atoms in total. The molecule has 3 heteroatoms. The number of aromatic hydroxyl groups is 2. The molecule has 0 aliphatic carbocycles. The van der Waals surface area contributed by atoms with Crippen molar-refractivity contribution >= 4 is 0 Å². The van der Waals surface area contributed by atoms with E-state index in [0.29, 0.717) is 11.1 Å². The first-order chi connectivity index (χ1) is 6.54. The molecular weight excluding hydrogens is 180 g/mol. The largest absolute Gasteiger partial charge is 0.508 e. The lowest BCUT2D eigenvalue weighted by atomic mass is 10.0. The number of phenols is 2. The van der Waals surface area contributed by atoms with Gasteiger partial charge in [0.25, 0.3) is 0 Å². The molecule has 0 saturated carbocycles. The van der Waals surface area contributed by atoms with Gasteiger partial charge in [0, 0.05) is 11.6 Å². The van der Waals surface area contributed by atoms with Gasteiger partial charge in [-0.3, -0.25) is 0 Å². The van der Waals surface area contributed by atoms with Crippen LogP contribution in [0.25, 0.3) is 0 Å². The molecular formula is C11H12O3. The Kier molecular flexibility index (Phi) is 2.97. The molecule has 0 fully saturated rings. The lowest BCUT2D eigenvalue weighted by molar-refractivity contribution is 0.215. The second kappa shape index (κ2) is 4.01. The van der Waals surface area contributed by atoms with Crippen LogP contribution >= 0.6 is 0 Å². The van der Waals surface area contributed by atoms with Gasteiger partial charge in [-0.15, -0.1) is 5.73 Å². The molecule has 0 saturated heterocycles. The van der Waals surface area contributed by atoms with Crippen LogP contribution in [0.1, 0.15) is 18.6 Å². The van der Waals surface area contributed by atoms with Crippen LogP contribution in [0.3, 0.4) is 0 Å². The summed E-state index contributed by atoms with van der Waals surface area (Å²) >= 11 is 0. The smallest absolute Gasteiger partial charge is 0.119 e. The van der Waals surface area contributed by atoms with Crippen LogP contribution < -0.4 is 0 Å². The van der Waals surface area contributed by atoms with E-state index in [2.05, 4.69) is 12.3 Å². The highest BCUT2D eigenvalue weighted by Gasteiger charge is 2.11. The van der Waals surface area contributed by atoms with Gasteiger partial charge in [-0.25, -0.2) is 0 Å². The third kappa shape index (κ3) is 2.16. The van der Waals surface area contributed by atoms with E-state index in [-0.39, 0.29) is 11.5 Å². The molecule has 74 valence electrons. The van der Waals surface area contributed by atoms with Crippen molar-refractivity contribution in [3.8, 4) is 11.5 Å². The van der Waals surface area contributed by atoms with Crippen LogP contribution in [0.15, 0.2) is 36.1 Å². The number of rotatable bonds is 2. The van der Waals surface area contributed by atoms with Crippen molar-refractivity contribution < 1.29 is 15.3 Å². The highest BCUT2D eigenvalue weighted by atomic mass is 16.3. The molecule has 0 aliphatic heterocycles. The molecule has 3 N–H and O–H groups in total. The summed E-state index contributed by atoms with van der Waals surface area (Å²) in [5, 5.41) is 28.0. The maximum Gasteiger partial charge on any atom is 0.119 e. The zero-order valence-electron chi connectivity index (χ0n) is 7.86. The SMILES string of the molecule is C=C=C(C)C(O)c1cc(O)cc(O)c1. The van der Waals surface area contributed by atoms with Gasteiger partial charge in [0.15, 0.2) is 0 Å². The second-order valence-electron chi connectivity index (χ2n) is 3.05. The van der Waals surface area contributed by atoms with Crippen molar-refractivity contribution in [1.82, 2.24) is 0 Å². The molecule has 1 atom stereocenters.